The van der Waals surface area contributed by atoms with Crippen LogP contribution in [0.3, 0.4) is 0 Å². The highest BCUT2D eigenvalue weighted by Gasteiger charge is 2.28. The lowest BCUT2D eigenvalue weighted by atomic mass is 10.0. The van der Waals surface area contributed by atoms with Gasteiger partial charge in [0.25, 0.3) is 5.91 Å². The van der Waals surface area contributed by atoms with E-state index in [0.717, 1.165) is 11.1 Å². The summed E-state index contributed by atoms with van der Waals surface area (Å²) in [5.74, 6) is 0.280. The highest BCUT2D eigenvalue weighted by Crippen LogP contribution is 2.23. The number of aromatic nitrogens is 6. The van der Waals surface area contributed by atoms with Gasteiger partial charge in [0, 0.05) is 19.3 Å². The van der Waals surface area contributed by atoms with Gasteiger partial charge in [0.05, 0.1) is 18.4 Å². The first-order valence-corrected chi connectivity index (χ1v) is 12.9. The molecule has 35 heavy (non-hydrogen) atoms. The normalized spacial score (nSPS) is 15.1. The number of anilines is 1. The Hall–Kier alpha value is -3.29. The first kappa shape index (κ1) is 24.8. The molecular weight excluding hydrogens is 472 g/mol. The molecule has 186 valence electrons. The van der Waals surface area contributed by atoms with E-state index in [2.05, 4.69) is 30.8 Å². The Kier molecular flexibility index (Phi) is 7.19. The first-order valence-electron chi connectivity index (χ1n) is 11.3. The molecule has 0 saturated heterocycles. The van der Waals surface area contributed by atoms with E-state index in [9.17, 15) is 18.3 Å². The minimum Gasteiger partial charge on any atom is -0.394 e. The number of rotatable bonds is 8. The molecule has 0 saturated carbocycles. The Labute approximate surface area is 203 Å². The molecule has 1 atom stereocenters. The molecule has 12 nitrogen and oxygen atoms in total. The molecule has 0 aliphatic carbocycles. The summed E-state index contributed by atoms with van der Waals surface area (Å²) in [5.41, 5.74) is 2.29. The summed E-state index contributed by atoms with van der Waals surface area (Å²) >= 11 is 0. The molecule has 13 heteroatoms. The average molecular weight is 501 g/mol. The second-order valence-corrected chi connectivity index (χ2v) is 10.9. The van der Waals surface area contributed by atoms with Crippen molar-refractivity contribution in [3.8, 4) is 11.5 Å². The molecule has 4 rings (SSSR count). The van der Waals surface area contributed by atoms with Gasteiger partial charge >= 0.3 is 0 Å². The van der Waals surface area contributed by atoms with E-state index < -0.39 is 15.9 Å². The van der Waals surface area contributed by atoms with Gasteiger partial charge in [0.2, 0.25) is 15.8 Å². The summed E-state index contributed by atoms with van der Waals surface area (Å²) in [6.07, 6.45) is 2.18. The molecule has 0 radical (unpaired) electrons. The predicted octanol–water partition coefficient (Wildman–Crippen LogP) is 1.28. The highest BCUT2D eigenvalue weighted by atomic mass is 32.2. The number of sulfonamides is 1. The molecule has 3 aromatic rings. The largest absolute Gasteiger partial charge is 0.394 e. The standard InChI is InChI=1S/C22H28N8O4S/c1-14(2)13-35(33,34)29-8-7-16-10-23-19(9-17(16)11-29)22(32)25-20-6-4-5-18(24-20)21-26-27-28-30(21)15(3)12-31/h4-6,9-10,14-15,31H,7-8,11-13H2,1-3H3,(H,24,25,32)/t15-/m1/s1. The summed E-state index contributed by atoms with van der Waals surface area (Å²) in [6.45, 7) is 5.99. The number of nitrogens with zero attached hydrogens (tertiary/aromatic N) is 7. The van der Waals surface area contributed by atoms with Crippen LogP contribution in [0.15, 0.2) is 30.5 Å². The van der Waals surface area contributed by atoms with Crippen LogP contribution >= 0.6 is 0 Å². The van der Waals surface area contributed by atoms with Gasteiger partial charge in [-0.3, -0.25) is 9.78 Å². The van der Waals surface area contributed by atoms with Crippen LogP contribution in [0.5, 0.6) is 0 Å². The van der Waals surface area contributed by atoms with E-state index >= 15 is 0 Å². The molecule has 1 aliphatic heterocycles. The number of aliphatic hydroxyl groups excluding tert-OH is 1. The van der Waals surface area contributed by atoms with E-state index in [1.165, 1.54) is 8.99 Å². The third-order valence-electron chi connectivity index (χ3n) is 5.62. The van der Waals surface area contributed by atoms with Crippen LogP contribution in [0.2, 0.25) is 0 Å². The van der Waals surface area contributed by atoms with Crippen LogP contribution in [0, 0.1) is 5.92 Å². The van der Waals surface area contributed by atoms with E-state index in [-0.39, 0.29) is 42.4 Å². The topological polar surface area (TPSA) is 156 Å². The molecule has 1 amide bonds. The Morgan fingerprint density at radius 2 is 2.03 bits per heavy atom. The minimum absolute atomic E-state index is 0.0277. The molecule has 4 heterocycles. The summed E-state index contributed by atoms with van der Waals surface area (Å²) in [5, 5.41) is 23.7. The maximum atomic E-state index is 12.9. The minimum atomic E-state index is -3.38. The van der Waals surface area contributed by atoms with Crippen molar-refractivity contribution in [3.05, 3.63) is 47.3 Å². The number of hydrogen-bond acceptors (Lipinski definition) is 9. The Bertz CT molecular complexity index is 1320. The van der Waals surface area contributed by atoms with Gasteiger partial charge < -0.3 is 10.4 Å². The van der Waals surface area contributed by atoms with Crippen LogP contribution in [0.4, 0.5) is 5.82 Å². The fourth-order valence-electron chi connectivity index (χ4n) is 3.85. The number of carbonyl (C=O) groups excluding carboxylic acids is 1. The molecule has 1 aliphatic rings. The van der Waals surface area contributed by atoms with Crippen molar-refractivity contribution in [2.24, 2.45) is 5.92 Å². The van der Waals surface area contributed by atoms with Crippen molar-refractivity contribution in [2.45, 2.75) is 39.8 Å². The fourth-order valence-corrected chi connectivity index (χ4v) is 5.60. The summed E-state index contributed by atoms with van der Waals surface area (Å²) in [7, 11) is -3.38. The Balaban J connectivity index is 1.52. The van der Waals surface area contributed by atoms with Crippen LogP contribution < -0.4 is 5.32 Å². The van der Waals surface area contributed by atoms with Gasteiger partial charge in [-0.1, -0.05) is 19.9 Å². The SMILES string of the molecule is CC(C)CS(=O)(=O)N1CCc2cnc(C(=O)Nc3cccc(-c4nnnn4[C@H](C)CO)n3)cc2C1. The second kappa shape index (κ2) is 10.1. The van der Waals surface area contributed by atoms with Crippen molar-refractivity contribution in [1.29, 1.82) is 0 Å². The smallest absolute Gasteiger partial charge is 0.275 e. The molecular formula is C22H28N8O4S. The number of fused-ring (bicyclic) bond motifs is 1. The predicted molar refractivity (Wildman–Crippen MR) is 128 cm³/mol. The maximum Gasteiger partial charge on any atom is 0.275 e. The van der Waals surface area contributed by atoms with Crippen LogP contribution in [0.25, 0.3) is 11.5 Å². The number of nitrogens with one attached hydrogen (secondary N) is 1. The molecule has 0 bridgehead atoms. The fraction of sp³-hybridized carbons (Fsp3) is 0.455. The zero-order valence-electron chi connectivity index (χ0n) is 19.8. The molecule has 2 N–H and O–H groups in total. The van der Waals surface area contributed by atoms with Crippen molar-refractivity contribution in [3.63, 3.8) is 0 Å². The summed E-state index contributed by atoms with van der Waals surface area (Å²) < 4.78 is 28.3. The summed E-state index contributed by atoms with van der Waals surface area (Å²) in [6, 6.07) is 6.33. The van der Waals surface area contributed by atoms with Crippen LogP contribution in [0.1, 0.15) is 48.4 Å². The van der Waals surface area contributed by atoms with Crippen molar-refractivity contribution >= 4 is 21.7 Å². The Morgan fingerprint density at radius 1 is 1.23 bits per heavy atom. The summed E-state index contributed by atoms with van der Waals surface area (Å²) in [4.78, 5) is 21.6. The zero-order valence-corrected chi connectivity index (χ0v) is 20.6. The number of aliphatic hydroxyl groups is 1. The lowest BCUT2D eigenvalue weighted by Gasteiger charge is -2.28. The molecule has 0 aromatic carbocycles. The average Bonchev–Trinajstić information content (AvgIpc) is 3.32. The van der Waals surface area contributed by atoms with Crippen LogP contribution in [-0.4, -0.2) is 72.8 Å². The zero-order chi connectivity index (χ0) is 25.2. The van der Waals surface area contributed by atoms with E-state index in [4.69, 9.17) is 0 Å². The third-order valence-corrected chi connectivity index (χ3v) is 7.81. The number of tetrazole rings is 1. The molecule has 0 fully saturated rings. The van der Waals surface area contributed by atoms with Crippen molar-refractivity contribution in [2.75, 3.05) is 24.2 Å². The monoisotopic (exact) mass is 500 g/mol. The number of carbonyl (C=O) groups is 1. The quantitative estimate of drug-likeness (QED) is 0.465. The molecule has 0 spiro atoms. The van der Waals surface area contributed by atoms with Gasteiger partial charge in [-0.05, 0) is 59.0 Å². The van der Waals surface area contributed by atoms with E-state index in [1.807, 2.05) is 13.8 Å². The van der Waals surface area contributed by atoms with E-state index in [0.29, 0.717) is 24.5 Å². The second-order valence-electron chi connectivity index (χ2n) is 8.94. The molecule has 0 unspecified atom stereocenters. The maximum absolute atomic E-state index is 12.9. The van der Waals surface area contributed by atoms with Gasteiger partial charge in [0.1, 0.15) is 17.2 Å². The first-order chi connectivity index (χ1) is 16.7. The van der Waals surface area contributed by atoms with Gasteiger partial charge in [-0.15, -0.1) is 5.10 Å². The third kappa shape index (κ3) is 5.52. The number of pyridine rings is 2. The van der Waals surface area contributed by atoms with Gasteiger partial charge in [0.15, 0.2) is 0 Å². The highest BCUT2D eigenvalue weighted by molar-refractivity contribution is 7.89. The van der Waals surface area contributed by atoms with E-state index in [1.54, 1.807) is 37.4 Å². The Morgan fingerprint density at radius 3 is 2.77 bits per heavy atom. The molecule has 3 aromatic heterocycles. The van der Waals surface area contributed by atoms with Gasteiger partial charge in [-0.25, -0.2) is 18.1 Å². The number of hydrogen-bond donors (Lipinski definition) is 2. The van der Waals surface area contributed by atoms with Crippen LogP contribution in [-0.2, 0) is 23.0 Å². The van der Waals surface area contributed by atoms with Crippen molar-refractivity contribution < 1.29 is 18.3 Å². The number of amides is 1. The van der Waals surface area contributed by atoms with Crippen molar-refractivity contribution in [1.82, 2.24) is 34.5 Å². The lowest BCUT2D eigenvalue weighted by molar-refractivity contribution is 0.102. The lowest BCUT2D eigenvalue weighted by Crippen LogP contribution is -2.38. The van der Waals surface area contributed by atoms with Gasteiger partial charge in [-0.2, -0.15) is 4.31 Å².